The monoisotopic (exact) mass is 276 g/mol. The Bertz CT molecular complexity index is 268. The van der Waals surface area contributed by atoms with Crippen LogP contribution in [0.1, 0.15) is 26.2 Å². The van der Waals surface area contributed by atoms with E-state index >= 15 is 0 Å². The fraction of sp³-hybridized carbons (Fsp3) is 0.846. The van der Waals surface area contributed by atoms with Crippen LogP contribution in [0.2, 0.25) is 0 Å². The van der Waals surface area contributed by atoms with Crippen LogP contribution in [0.4, 0.5) is 0 Å². The van der Waals surface area contributed by atoms with E-state index in [1.54, 1.807) is 0 Å². The largest absolute Gasteiger partial charge is 0.394 e. The molecule has 0 spiro atoms. The summed E-state index contributed by atoms with van der Waals surface area (Å²) in [5.41, 5.74) is 0. The van der Waals surface area contributed by atoms with Crippen LogP contribution in [-0.2, 0) is 9.47 Å². The molecule has 6 nitrogen and oxygen atoms in total. The van der Waals surface area contributed by atoms with Gasteiger partial charge in [0.2, 0.25) is 0 Å². The molecule has 4 N–H and O–H groups in total. The van der Waals surface area contributed by atoms with Crippen LogP contribution in [0.25, 0.3) is 0 Å². The van der Waals surface area contributed by atoms with E-state index in [0.29, 0.717) is 13.0 Å². The fourth-order valence-corrected chi connectivity index (χ4v) is 1.86. The predicted molar refractivity (Wildman–Crippen MR) is 68.4 cm³/mol. The second-order valence-electron chi connectivity index (χ2n) is 4.62. The van der Waals surface area contributed by atoms with Crippen molar-refractivity contribution in [2.75, 3.05) is 13.2 Å². The summed E-state index contributed by atoms with van der Waals surface area (Å²) in [6, 6.07) is 0. The van der Waals surface area contributed by atoms with E-state index < -0.39 is 37.3 Å². The maximum atomic E-state index is 9.70. The topological polar surface area (TPSA) is 99.4 Å². The van der Waals surface area contributed by atoms with Gasteiger partial charge in [0.1, 0.15) is 24.4 Å². The Hall–Kier alpha value is -0.500. The molecule has 0 aromatic rings. The van der Waals surface area contributed by atoms with Crippen molar-refractivity contribution in [3.05, 3.63) is 12.2 Å². The Morgan fingerprint density at radius 2 is 1.74 bits per heavy atom. The van der Waals surface area contributed by atoms with Gasteiger partial charge >= 0.3 is 0 Å². The minimum atomic E-state index is -1.38. The Labute approximate surface area is 113 Å². The van der Waals surface area contributed by atoms with E-state index in [-0.39, 0.29) is 0 Å². The molecule has 1 saturated heterocycles. The zero-order chi connectivity index (χ0) is 14.3. The average Bonchev–Trinajstić information content (AvgIpc) is 2.42. The van der Waals surface area contributed by atoms with Crippen molar-refractivity contribution in [2.45, 2.75) is 56.9 Å². The molecule has 0 aromatic heterocycles. The number of unbranched alkanes of at least 4 members (excludes halogenated alkanes) is 1. The van der Waals surface area contributed by atoms with Gasteiger partial charge < -0.3 is 29.9 Å². The normalized spacial score (nSPS) is 35.9. The van der Waals surface area contributed by atoms with E-state index in [1.165, 1.54) is 0 Å². The third-order valence-electron chi connectivity index (χ3n) is 3.04. The minimum Gasteiger partial charge on any atom is -0.394 e. The first-order valence-electron chi connectivity index (χ1n) is 6.69. The van der Waals surface area contributed by atoms with Crippen molar-refractivity contribution in [1.29, 1.82) is 0 Å². The zero-order valence-corrected chi connectivity index (χ0v) is 11.2. The number of hydrogen-bond acceptors (Lipinski definition) is 6. The SMILES string of the molecule is CCCC=CCCO[C@@H]1O[C@H](CO)[C@@H](O)[C@H](O)[C@H]1O. The molecule has 6 heteroatoms. The first kappa shape index (κ1) is 16.6. The van der Waals surface area contributed by atoms with Gasteiger partial charge in [0, 0.05) is 0 Å². The third-order valence-corrected chi connectivity index (χ3v) is 3.04. The van der Waals surface area contributed by atoms with Crippen molar-refractivity contribution in [3.8, 4) is 0 Å². The van der Waals surface area contributed by atoms with E-state index in [4.69, 9.17) is 14.6 Å². The molecule has 1 rings (SSSR count). The lowest BCUT2D eigenvalue weighted by Crippen LogP contribution is -2.59. The maximum absolute atomic E-state index is 9.70. The molecule has 5 atom stereocenters. The van der Waals surface area contributed by atoms with Crippen LogP contribution in [0.3, 0.4) is 0 Å². The second kappa shape index (κ2) is 8.63. The van der Waals surface area contributed by atoms with Crippen LogP contribution in [-0.4, -0.2) is 64.3 Å². The number of aliphatic hydroxyl groups is 4. The van der Waals surface area contributed by atoms with Crippen LogP contribution < -0.4 is 0 Å². The highest BCUT2D eigenvalue weighted by Crippen LogP contribution is 2.21. The van der Waals surface area contributed by atoms with Gasteiger partial charge in [0.15, 0.2) is 6.29 Å². The van der Waals surface area contributed by atoms with Crippen molar-refractivity contribution >= 4 is 0 Å². The molecular formula is C13H24O6. The number of ether oxygens (including phenoxy) is 2. The van der Waals surface area contributed by atoms with Crippen molar-refractivity contribution in [3.63, 3.8) is 0 Å². The highest BCUT2D eigenvalue weighted by atomic mass is 16.7. The predicted octanol–water partition coefficient (Wildman–Crippen LogP) is -0.451. The van der Waals surface area contributed by atoms with Gasteiger partial charge in [-0.15, -0.1) is 0 Å². The summed E-state index contributed by atoms with van der Waals surface area (Å²) in [5.74, 6) is 0. The highest BCUT2D eigenvalue weighted by molar-refractivity contribution is 4.89. The molecule has 1 aliphatic heterocycles. The lowest BCUT2D eigenvalue weighted by molar-refractivity contribution is -0.300. The van der Waals surface area contributed by atoms with Crippen molar-refractivity contribution in [2.24, 2.45) is 0 Å². The number of hydrogen-bond donors (Lipinski definition) is 4. The lowest BCUT2D eigenvalue weighted by Gasteiger charge is -2.39. The van der Waals surface area contributed by atoms with E-state index in [1.807, 2.05) is 6.08 Å². The first-order chi connectivity index (χ1) is 9.11. The van der Waals surface area contributed by atoms with Gasteiger partial charge in [-0.1, -0.05) is 25.5 Å². The molecule has 0 radical (unpaired) electrons. The van der Waals surface area contributed by atoms with Gasteiger partial charge in [0.25, 0.3) is 0 Å². The first-order valence-corrected chi connectivity index (χ1v) is 6.69. The number of allylic oxidation sites excluding steroid dienone is 1. The quantitative estimate of drug-likeness (QED) is 0.371. The molecule has 0 amide bonds. The zero-order valence-electron chi connectivity index (χ0n) is 11.2. The smallest absolute Gasteiger partial charge is 0.186 e. The molecule has 1 fully saturated rings. The highest BCUT2D eigenvalue weighted by Gasteiger charge is 2.43. The Kier molecular flexibility index (Phi) is 7.52. The molecular weight excluding hydrogens is 252 g/mol. The molecule has 0 unspecified atom stereocenters. The van der Waals surface area contributed by atoms with Crippen LogP contribution in [0, 0.1) is 0 Å². The summed E-state index contributed by atoms with van der Waals surface area (Å²) in [6.45, 7) is 1.99. The summed E-state index contributed by atoms with van der Waals surface area (Å²) < 4.78 is 10.5. The Balaban J connectivity index is 2.35. The summed E-state index contributed by atoms with van der Waals surface area (Å²) in [4.78, 5) is 0. The van der Waals surface area contributed by atoms with Crippen LogP contribution in [0.5, 0.6) is 0 Å². The van der Waals surface area contributed by atoms with Crippen LogP contribution >= 0.6 is 0 Å². The van der Waals surface area contributed by atoms with Gasteiger partial charge in [0.05, 0.1) is 13.2 Å². The van der Waals surface area contributed by atoms with E-state index in [2.05, 4.69) is 13.0 Å². The Morgan fingerprint density at radius 3 is 2.37 bits per heavy atom. The number of rotatable bonds is 7. The van der Waals surface area contributed by atoms with E-state index in [9.17, 15) is 15.3 Å². The molecule has 0 aliphatic carbocycles. The molecule has 0 bridgehead atoms. The molecule has 19 heavy (non-hydrogen) atoms. The lowest BCUT2D eigenvalue weighted by atomic mass is 9.99. The van der Waals surface area contributed by atoms with Crippen molar-refractivity contribution in [1.82, 2.24) is 0 Å². The minimum absolute atomic E-state index is 0.336. The van der Waals surface area contributed by atoms with Gasteiger partial charge in [-0.2, -0.15) is 0 Å². The standard InChI is InChI=1S/C13H24O6/c1-2-3-4-5-6-7-18-13-12(17)11(16)10(15)9(8-14)19-13/h4-5,9-17H,2-3,6-8H2,1H3/t9-,10-,11+,12-,13-/m1/s1. The maximum Gasteiger partial charge on any atom is 0.186 e. The van der Waals surface area contributed by atoms with E-state index in [0.717, 1.165) is 12.8 Å². The van der Waals surface area contributed by atoms with Crippen LogP contribution in [0.15, 0.2) is 12.2 Å². The average molecular weight is 276 g/mol. The van der Waals surface area contributed by atoms with Gasteiger partial charge in [-0.05, 0) is 12.8 Å². The molecule has 0 aromatic carbocycles. The Morgan fingerprint density at radius 1 is 1.05 bits per heavy atom. The number of aliphatic hydroxyl groups excluding tert-OH is 4. The summed E-state index contributed by atoms with van der Waals surface area (Å²) in [7, 11) is 0. The summed E-state index contributed by atoms with van der Waals surface area (Å²) in [6.07, 6.45) is 0.811. The van der Waals surface area contributed by atoms with Crippen molar-refractivity contribution < 1.29 is 29.9 Å². The summed E-state index contributed by atoms with van der Waals surface area (Å²) in [5, 5.41) is 37.8. The molecule has 0 saturated carbocycles. The second-order valence-corrected chi connectivity index (χ2v) is 4.62. The molecule has 1 aliphatic rings. The molecule has 1 heterocycles. The molecule has 112 valence electrons. The summed E-state index contributed by atoms with van der Waals surface area (Å²) >= 11 is 0. The fourth-order valence-electron chi connectivity index (χ4n) is 1.86. The third kappa shape index (κ3) is 4.83. The van der Waals surface area contributed by atoms with Gasteiger partial charge in [-0.25, -0.2) is 0 Å². The van der Waals surface area contributed by atoms with Gasteiger partial charge in [-0.3, -0.25) is 0 Å².